The van der Waals surface area contributed by atoms with Crippen LogP contribution in [0.2, 0.25) is 0 Å². The van der Waals surface area contributed by atoms with Crippen molar-refractivity contribution in [3.63, 3.8) is 0 Å². The van der Waals surface area contributed by atoms with Crippen LogP contribution in [0, 0.1) is 11.8 Å². The molecule has 0 spiro atoms. The number of hydrogen-bond donors (Lipinski definition) is 2. The lowest BCUT2D eigenvalue weighted by Crippen LogP contribution is -2.56. The average Bonchev–Trinajstić information content (AvgIpc) is 3.90. The number of halogens is 8. The number of ether oxygens (including phenoxy) is 1. The number of alkyl halides is 8. The molecule has 0 saturated heterocycles. The normalized spacial score (nSPS) is 17.6. The number of carbonyl (C=O) groups is 1. The number of rotatable bonds is 11. The van der Waals surface area contributed by atoms with Crippen LogP contribution in [-0.2, 0) is 51.6 Å². The predicted molar refractivity (Wildman–Crippen MR) is 254 cm³/mol. The van der Waals surface area contributed by atoms with E-state index in [1.165, 1.54) is 36.3 Å². The summed E-state index contributed by atoms with van der Waals surface area (Å²) in [7, 11) is -11.0. The lowest BCUT2D eigenvalue weighted by atomic mass is 9.96. The van der Waals surface area contributed by atoms with Gasteiger partial charge in [-0.3, -0.25) is 13.9 Å². The Morgan fingerprint density at radius 2 is 0.829 bits per heavy atom. The molecule has 4 unspecified atom stereocenters. The summed E-state index contributed by atoms with van der Waals surface area (Å²) in [5.74, 6) is -11.3. The molecule has 0 radical (unpaired) electrons. The van der Waals surface area contributed by atoms with Crippen LogP contribution in [0.25, 0.3) is 0 Å². The van der Waals surface area contributed by atoms with E-state index in [0.717, 1.165) is 12.8 Å². The van der Waals surface area contributed by atoms with Gasteiger partial charge in [-0.15, -0.1) is 0 Å². The highest BCUT2D eigenvalue weighted by Crippen LogP contribution is 2.48. The Kier molecular flexibility index (Phi) is 21.1. The zero-order valence-corrected chi connectivity index (χ0v) is 40.7. The van der Waals surface area contributed by atoms with Gasteiger partial charge >= 0.3 is 33.2 Å². The van der Waals surface area contributed by atoms with Crippen LogP contribution < -0.4 is 0 Å². The van der Waals surface area contributed by atoms with Crippen LogP contribution in [0.4, 0.5) is 35.1 Å². The highest BCUT2D eigenvalue weighted by Gasteiger charge is 2.75. The van der Waals surface area contributed by atoms with Crippen molar-refractivity contribution in [1.82, 2.24) is 0 Å². The molecule has 2 bridgehead atoms. The van der Waals surface area contributed by atoms with Crippen LogP contribution >= 0.6 is 0 Å². The first-order valence-electron chi connectivity index (χ1n) is 21.1. The molecule has 8 rings (SSSR count). The summed E-state index contributed by atoms with van der Waals surface area (Å²) in [6, 6.07) is 62.6. The minimum Gasteiger partial charge on any atom is -0.462 e. The standard InChI is InChI=1S/2C18H15S.C9H13FO2.C4H4F6O3S.CH3FO3S/c2*1-4-10-16(11-5-1)19(17-12-6-2-7-13-17)18-14-8-3-9-15-18;1-5(11)12-9-4-6-2-7(9)8(10)3-6;1-2(5,6)3(7,8)4(9,10)14(11,12)13;2-1-6(3,4)5/h2*1-15H;6-9H,2-4H2,1H3;1H3,(H,11,12,13);1H2,(H,3,4,5)/q2*+1;;;. The summed E-state index contributed by atoms with van der Waals surface area (Å²) in [5.41, 5.74) is 0. The SMILES string of the molecule is CC(=O)OC1CC2CC(F)C1C2.CC(F)(F)C(F)(F)C(F)(F)S(=O)(=O)O.O=S(=O)(O)CF.c1ccc([S+](c2ccccc2)c2ccccc2)cc1.c1ccc([S+](c2ccccc2)c2ccccc2)cc1. The quantitative estimate of drug-likeness (QED) is 0.0567. The highest BCUT2D eigenvalue weighted by molar-refractivity contribution is 7.97. The van der Waals surface area contributed by atoms with Gasteiger partial charge in [0.05, 0.1) is 21.8 Å². The lowest BCUT2D eigenvalue weighted by molar-refractivity contribution is -0.273. The molecule has 4 atom stereocenters. The molecular weight excluding hydrogens is 1010 g/mol. The third kappa shape index (κ3) is 16.4. The Balaban J connectivity index is 0.000000198. The van der Waals surface area contributed by atoms with E-state index < -0.39 is 56.4 Å². The fraction of sp³-hybridized carbons (Fsp3) is 0.260. The molecule has 70 heavy (non-hydrogen) atoms. The number of esters is 1. The maximum absolute atomic E-state index is 13.1. The van der Waals surface area contributed by atoms with Crippen molar-refractivity contribution in [3.8, 4) is 0 Å². The van der Waals surface area contributed by atoms with E-state index >= 15 is 0 Å². The number of hydrogen-bond acceptors (Lipinski definition) is 6. The molecule has 0 amide bonds. The van der Waals surface area contributed by atoms with Gasteiger partial charge in [0, 0.05) is 19.8 Å². The second kappa shape index (κ2) is 25.7. The fourth-order valence-electron chi connectivity index (χ4n) is 7.12. The van der Waals surface area contributed by atoms with E-state index in [1.54, 1.807) is 0 Å². The molecule has 0 aliphatic heterocycles. The summed E-state index contributed by atoms with van der Waals surface area (Å²) in [5, 5.41) is -6.24. The van der Waals surface area contributed by atoms with Gasteiger partial charge in [-0.2, -0.15) is 43.2 Å². The van der Waals surface area contributed by atoms with E-state index in [4.69, 9.17) is 13.8 Å². The molecule has 8 nitrogen and oxygen atoms in total. The minimum atomic E-state index is -6.61. The predicted octanol–water partition coefficient (Wildman–Crippen LogP) is 12.8. The average molecular weight is 1060 g/mol. The van der Waals surface area contributed by atoms with Gasteiger partial charge in [0.2, 0.25) is 6.01 Å². The molecule has 2 fully saturated rings. The number of carbonyl (C=O) groups excluding carboxylic acids is 1. The topological polar surface area (TPSA) is 135 Å². The Morgan fingerprint density at radius 1 is 0.557 bits per heavy atom. The summed E-state index contributed by atoms with van der Waals surface area (Å²) in [4.78, 5) is 18.8. The van der Waals surface area contributed by atoms with E-state index in [2.05, 4.69) is 182 Å². The van der Waals surface area contributed by atoms with Gasteiger partial charge in [0.25, 0.3) is 10.1 Å². The van der Waals surface area contributed by atoms with Crippen molar-refractivity contribution in [1.29, 1.82) is 0 Å². The van der Waals surface area contributed by atoms with Gasteiger partial charge < -0.3 is 4.74 Å². The molecule has 2 aliphatic rings. The maximum atomic E-state index is 13.1. The van der Waals surface area contributed by atoms with E-state index in [-0.39, 0.29) is 39.8 Å². The van der Waals surface area contributed by atoms with E-state index in [0.29, 0.717) is 12.3 Å². The van der Waals surface area contributed by atoms with E-state index in [9.17, 15) is 56.8 Å². The van der Waals surface area contributed by atoms with Gasteiger partial charge in [0.1, 0.15) is 12.3 Å². The van der Waals surface area contributed by atoms with Crippen molar-refractivity contribution in [2.45, 2.75) is 91.9 Å². The maximum Gasteiger partial charge on any atom is 0.437 e. The van der Waals surface area contributed by atoms with Gasteiger partial charge in [-0.25, -0.2) is 8.78 Å². The summed E-state index contributed by atoms with van der Waals surface area (Å²) >= 11 is 0. The first-order valence-corrected chi connectivity index (χ1v) is 26.6. The second-order valence-electron chi connectivity index (χ2n) is 15.5. The Morgan fingerprint density at radius 3 is 1.00 bits per heavy atom. The lowest BCUT2D eigenvalue weighted by Gasteiger charge is -2.28. The van der Waals surface area contributed by atoms with Crippen molar-refractivity contribution >= 4 is 48.0 Å². The summed E-state index contributed by atoms with van der Waals surface area (Å²) in [6.45, 7) is 0.797. The van der Waals surface area contributed by atoms with Gasteiger partial charge in [0.15, 0.2) is 29.4 Å². The molecule has 0 heterocycles. The zero-order valence-electron chi connectivity index (χ0n) is 37.5. The third-order valence-corrected chi connectivity index (χ3v) is 15.9. The minimum absolute atomic E-state index is 0.00102. The first-order chi connectivity index (χ1) is 32.9. The van der Waals surface area contributed by atoms with Crippen molar-refractivity contribution in [3.05, 3.63) is 182 Å². The number of benzene rings is 6. The Bertz CT molecular complexity index is 2410. The third-order valence-electron chi connectivity index (χ3n) is 10.2. The van der Waals surface area contributed by atoms with Crippen LogP contribution in [0.1, 0.15) is 33.1 Å². The first kappa shape index (κ1) is 57.3. The largest absolute Gasteiger partial charge is 0.462 e. The zero-order chi connectivity index (χ0) is 51.8. The smallest absolute Gasteiger partial charge is 0.437 e. The number of fused-ring (bicyclic) bond motifs is 2. The molecular formula is C50H50F8O8S4+2. The molecule has 2 saturated carbocycles. The van der Waals surface area contributed by atoms with Crippen LogP contribution in [0.3, 0.4) is 0 Å². The Hall–Kier alpha value is -5.25. The molecule has 376 valence electrons. The summed E-state index contributed by atoms with van der Waals surface area (Å²) < 4.78 is 154. The van der Waals surface area contributed by atoms with E-state index in [1.807, 2.05) is 0 Å². The van der Waals surface area contributed by atoms with Crippen LogP contribution in [0.5, 0.6) is 0 Å². The van der Waals surface area contributed by atoms with Crippen molar-refractivity contribution in [2.75, 3.05) is 6.01 Å². The van der Waals surface area contributed by atoms with Gasteiger partial charge in [-0.05, 0) is 98.0 Å². The molecule has 20 heteroatoms. The Labute approximate surface area is 408 Å². The van der Waals surface area contributed by atoms with Crippen molar-refractivity contribution < 1.29 is 70.6 Å². The highest BCUT2D eigenvalue weighted by atomic mass is 32.2. The molecule has 6 aromatic rings. The van der Waals surface area contributed by atoms with Crippen LogP contribution in [-0.4, -0.2) is 67.3 Å². The fourth-order valence-corrected chi connectivity index (χ4v) is 11.8. The summed E-state index contributed by atoms with van der Waals surface area (Å²) in [6.07, 6.45) is 1.62. The molecule has 2 aliphatic carbocycles. The molecule has 0 aromatic heterocycles. The monoisotopic (exact) mass is 1060 g/mol. The van der Waals surface area contributed by atoms with Crippen molar-refractivity contribution in [2.24, 2.45) is 11.8 Å². The van der Waals surface area contributed by atoms with Gasteiger partial charge in [-0.1, -0.05) is 109 Å². The molecule has 6 aromatic carbocycles. The second-order valence-corrected chi connectivity index (χ2v) is 22.4. The van der Waals surface area contributed by atoms with Crippen LogP contribution in [0.15, 0.2) is 211 Å². The molecule has 2 N–H and O–H groups in total.